The predicted molar refractivity (Wildman–Crippen MR) is 131 cm³/mol. The Morgan fingerprint density at radius 3 is 2.37 bits per heavy atom. The van der Waals surface area contributed by atoms with Crippen molar-refractivity contribution in [2.24, 2.45) is 11.1 Å². The molecule has 1 fully saturated rings. The van der Waals surface area contributed by atoms with Crippen molar-refractivity contribution in [1.29, 1.82) is 0 Å². The molecule has 0 atom stereocenters. The fourth-order valence-corrected chi connectivity index (χ4v) is 3.49. The number of amides is 1. The number of halogens is 1. The minimum Gasteiger partial charge on any atom is -0.476 e. The highest BCUT2D eigenvalue weighted by Gasteiger charge is 2.50. The first kappa shape index (κ1) is 26.5. The van der Waals surface area contributed by atoms with Crippen LogP contribution in [0.5, 0.6) is 5.75 Å². The molecule has 3 rings (SSSR count). The first-order valence-corrected chi connectivity index (χ1v) is 11.8. The van der Waals surface area contributed by atoms with Gasteiger partial charge in [-0.25, -0.2) is 4.79 Å². The summed E-state index contributed by atoms with van der Waals surface area (Å²) in [5.74, 6) is -0.784. The Balaban J connectivity index is 1.42. The average Bonchev–Trinajstić information content (AvgIpc) is 3.63. The zero-order valence-electron chi connectivity index (χ0n) is 20.2. The number of rotatable bonds is 11. The molecule has 8 nitrogen and oxygen atoms in total. The lowest BCUT2D eigenvalue weighted by Gasteiger charge is -2.24. The second kappa shape index (κ2) is 11.1. The number of hydrogen-bond acceptors (Lipinski definition) is 7. The lowest BCUT2D eigenvalue weighted by molar-refractivity contribution is -0.180. The van der Waals surface area contributed by atoms with E-state index < -0.39 is 29.7 Å². The zero-order chi connectivity index (χ0) is 25.6. The van der Waals surface area contributed by atoms with Gasteiger partial charge in [0, 0.05) is 23.7 Å². The van der Waals surface area contributed by atoms with Gasteiger partial charge >= 0.3 is 11.9 Å². The molecule has 0 saturated heterocycles. The monoisotopic (exact) mass is 502 g/mol. The lowest BCUT2D eigenvalue weighted by atomic mass is 10.1. The van der Waals surface area contributed by atoms with E-state index in [1.807, 2.05) is 19.1 Å². The van der Waals surface area contributed by atoms with E-state index in [0.717, 1.165) is 11.1 Å². The van der Waals surface area contributed by atoms with Gasteiger partial charge in [-0.3, -0.25) is 9.59 Å². The molecule has 35 heavy (non-hydrogen) atoms. The van der Waals surface area contributed by atoms with Crippen LogP contribution in [0.3, 0.4) is 0 Å². The molecule has 0 bridgehead atoms. The summed E-state index contributed by atoms with van der Waals surface area (Å²) in [6, 6.07) is 12.4. The molecule has 188 valence electrons. The summed E-state index contributed by atoms with van der Waals surface area (Å²) in [4.78, 5) is 36.7. The van der Waals surface area contributed by atoms with Gasteiger partial charge in [0.2, 0.25) is 6.79 Å². The third-order valence-corrected chi connectivity index (χ3v) is 6.39. The summed E-state index contributed by atoms with van der Waals surface area (Å²) in [6.45, 7) is 5.20. The van der Waals surface area contributed by atoms with Crippen LogP contribution in [-0.4, -0.2) is 43.3 Å². The van der Waals surface area contributed by atoms with Crippen LogP contribution in [-0.2, 0) is 25.5 Å². The minimum absolute atomic E-state index is 0.161. The van der Waals surface area contributed by atoms with Crippen molar-refractivity contribution >= 4 is 29.4 Å². The van der Waals surface area contributed by atoms with Crippen molar-refractivity contribution in [1.82, 2.24) is 5.32 Å². The maximum atomic E-state index is 12.4. The molecule has 9 heteroatoms. The Labute approximate surface area is 210 Å². The van der Waals surface area contributed by atoms with E-state index in [4.69, 9.17) is 31.5 Å². The Morgan fingerprint density at radius 2 is 1.77 bits per heavy atom. The summed E-state index contributed by atoms with van der Waals surface area (Å²) in [6.07, 6.45) is 2.00. The number of carbonyl (C=O) groups is 3. The molecule has 2 aromatic rings. The Bertz CT molecular complexity index is 1080. The van der Waals surface area contributed by atoms with Gasteiger partial charge in [0.15, 0.2) is 5.60 Å². The molecule has 0 radical (unpaired) electrons. The molecular formula is C26H31ClN2O6. The predicted octanol–water partition coefficient (Wildman–Crippen LogP) is 3.56. The quantitative estimate of drug-likeness (QED) is 0.356. The summed E-state index contributed by atoms with van der Waals surface area (Å²) < 4.78 is 15.9. The van der Waals surface area contributed by atoms with Gasteiger partial charge in [0.25, 0.3) is 5.91 Å². The van der Waals surface area contributed by atoms with E-state index in [1.165, 1.54) is 0 Å². The number of hydrogen-bond donors (Lipinski definition) is 2. The number of nitrogens with two attached hydrogens (primary N) is 1. The summed E-state index contributed by atoms with van der Waals surface area (Å²) in [5, 5.41) is 3.51. The number of ether oxygens (including phenoxy) is 3. The van der Waals surface area contributed by atoms with Crippen molar-refractivity contribution in [3.05, 3.63) is 64.2 Å². The maximum absolute atomic E-state index is 12.4. The molecule has 3 N–H and O–H groups in total. The summed E-state index contributed by atoms with van der Waals surface area (Å²) in [7, 11) is 0. The standard InChI is InChI=1S/C26H31ClN2O6/c1-17-14-19(6-9-21(17)27)22(30)29-13-10-18-4-7-20(8-5-18)35-25(2,3)23(31)33-16-34-24(32)26(15-28)11-12-26/h4-9,14H,10-13,15-16,28H2,1-3H3,(H,29,30). The Morgan fingerprint density at radius 1 is 1.09 bits per heavy atom. The molecule has 0 aliphatic heterocycles. The van der Waals surface area contributed by atoms with E-state index in [-0.39, 0.29) is 12.5 Å². The van der Waals surface area contributed by atoms with Gasteiger partial charge in [-0.05, 0) is 81.5 Å². The molecule has 2 aromatic carbocycles. The van der Waals surface area contributed by atoms with Crippen LogP contribution in [0.4, 0.5) is 0 Å². The molecule has 1 amide bonds. The first-order valence-electron chi connectivity index (χ1n) is 11.4. The van der Waals surface area contributed by atoms with E-state index in [1.54, 1.807) is 44.2 Å². The minimum atomic E-state index is -1.29. The summed E-state index contributed by atoms with van der Waals surface area (Å²) >= 11 is 6.01. The number of carbonyl (C=O) groups excluding carboxylic acids is 3. The van der Waals surface area contributed by atoms with Crippen LogP contribution in [0.1, 0.15) is 48.2 Å². The second-order valence-electron chi connectivity index (χ2n) is 9.19. The van der Waals surface area contributed by atoms with Gasteiger partial charge in [0.1, 0.15) is 5.75 Å². The third-order valence-electron chi connectivity index (χ3n) is 5.96. The highest BCUT2D eigenvalue weighted by Crippen LogP contribution is 2.45. The van der Waals surface area contributed by atoms with Crippen molar-refractivity contribution in [2.45, 2.75) is 45.6 Å². The van der Waals surface area contributed by atoms with Crippen LogP contribution in [0.25, 0.3) is 0 Å². The van der Waals surface area contributed by atoms with Crippen LogP contribution < -0.4 is 15.8 Å². The molecule has 0 aromatic heterocycles. The second-order valence-corrected chi connectivity index (χ2v) is 9.60. The molecular weight excluding hydrogens is 472 g/mol. The maximum Gasteiger partial charge on any atom is 0.352 e. The van der Waals surface area contributed by atoms with Crippen LogP contribution in [0.2, 0.25) is 5.02 Å². The van der Waals surface area contributed by atoms with Gasteiger partial charge in [-0.2, -0.15) is 0 Å². The fourth-order valence-electron chi connectivity index (χ4n) is 3.37. The molecule has 1 saturated carbocycles. The molecule has 1 aliphatic carbocycles. The van der Waals surface area contributed by atoms with Crippen LogP contribution in [0.15, 0.2) is 42.5 Å². The van der Waals surface area contributed by atoms with Gasteiger partial charge in [-0.1, -0.05) is 23.7 Å². The van der Waals surface area contributed by atoms with Crippen molar-refractivity contribution in [2.75, 3.05) is 19.9 Å². The lowest BCUT2D eigenvalue weighted by Crippen LogP contribution is -2.40. The molecule has 0 heterocycles. The van der Waals surface area contributed by atoms with Crippen molar-refractivity contribution in [3.63, 3.8) is 0 Å². The van der Waals surface area contributed by atoms with Crippen LogP contribution >= 0.6 is 11.6 Å². The Hall–Kier alpha value is -3.10. The highest BCUT2D eigenvalue weighted by molar-refractivity contribution is 6.31. The SMILES string of the molecule is Cc1cc(C(=O)NCCc2ccc(OC(C)(C)C(=O)OCOC(=O)C3(CN)CC3)cc2)ccc1Cl. The fraction of sp³-hybridized carbons (Fsp3) is 0.423. The van der Waals surface area contributed by atoms with Crippen molar-refractivity contribution < 1.29 is 28.6 Å². The molecule has 0 spiro atoms. The average molecular weight is 503 g/mol. The van der Waals surface area contributed by atoms with Gasteiger partial charge in [-0.15, -0.1) is 0 Å². The van der Waals surface area contributed by atoms with Crippen LogP contribution in [0, 0.1) is 12.3 Å². The van der Waals surface area contributed by atoms with E-state index in [9.17, 15) is 14.4 Å². The molecule has 0 unspecified atom stereocenters. The number of esters is 2. The highest BCUT2D eigenvalue weighted by atomic mass is 35.5. The third kappa shape index (κ3) is 6.96. The van der Waals surface area contributed by atoms with E-state index in [0.29, 0.717) is 42.1 Å². The number of aryl methyl sites for hydroxylation is 1. The normalized spacial score (nSPS) is 14.1. The molecule has 1 aliphatic rings. The van der Waals surface area contributed by atoms with Gasteiger partial charge in [0.05, 0.1) is 5.41 Å². The van der Waals surface area contributed by atoms with Gasteiger partial charge < -0.3 is 25.3 Å². The topological polar surface area (TPSA) is 117 Å². The zero-order valence-corrected chi connectivity index (χ0v) is 20.9. The smallest absolute Gasteiger partial charge is 0.352 e. The number of nitrogens with one attached hydrogen (secondary N) is 1. The number of benzene rings is 2. The van der Waals surface area contributed by atoms with E-state index in [2.05, 4.69) is 5.32 Å². The Kier molecular flexibility index (Phi) is 8.40. The van der Waals surface area contributed by atoms with Crippen molar-refractivity contribution in [3.8, 4) is 5.75 Å². The first-order chi connectivity index (χ1) is 16.6. The largest absolute Gasteiger partial charge is 0.476 e. The van der Waals surface area contributed by atoms with E-state index >= 15 is 0 Å². The summed E-state index contributed by atoms with van der Waals surface area (Å²) in [5.41, 5.74) is 6.09.